The van der Waals surface area contributed by atoms with Crippen molar-refractivity contribution in [1.82, 2.24) is 10.2 Å². The number of rotatable bonds is 3. The van der Waals surface area contributed by atoms with E-state index in [1.54, 1.807) is 0 Å². The number of amides is 1. The summed E-state index contributed by atoms with van der Waals surface area (Å²) < 4.78 is 5.78. The van der Waals surface area contributed by atoms with Gasteiger partial charge in [-0.1, -0.05) is 6.42 Å². The molecule has 0 radical (unpaired) electrons. The van der Waals surface area contributed by atoms with Gasteiger partial charge in [-0.25, -0.2) is 0 Å². The van der Waals surface area contributed by atoms with E-state index in [0.717, 1.165) is 24.7 Å². The molecule has 3 fully saturated rings. The number of nitrogens with zero attached hydrogens (tertiary/aromatic N) is 1. The molecule has 2 heterocycles. The van der Waals surface area contributed by atoms with Crippen molar-refractivity contribution in [2.24, 2.45) is 11.8 Å². The highest BCUT2D eigenvalue weighted by molar-refractivity contribution is 5.93. The molecule has 1 amide bonds. The van der Waals surface area contributed by atoms with Crippen LogP contribution >= 0.6 is 0 Å². The number of aromatic nitrogens is 2. The third-order valence-electron chi connectivity index (χ3n) is 5.75. The van der Waals surface area contributed by atoms with Gasteiger partial charge in [-0.3, -0.25) is 9.89 Å². The highest BCUT2D eigenvalue weighted by Crippen LogP contribution is 2.52. The summed E-state index contributed by atoms with van der Waals surface area (Å²) in [5.74, 6) is 2.89. The lowest BCUT2D eigenvalue weighted by molar-refractivity contribution is -0.130. The molecule has 5 heteroatoms. The van der Waals surface area contributed by atoms with E-state index < -0.39 is 0 Å². The summed E-state index contributed by atoms with van der Waals surface area (Å²) in [5, 5.41) is 10.3. The largest absolute Gasteiger partial charge is 0.363 e. The molecule has 120 valence electrons. The van der Waals surface area contributed by atoms with Crippen LogP contribution in [0, 0.1) is 11.8 Å². The quantitative estimate of drug-likeness (QED) is 0.901. The first-order valence-corrected chi connectivity index (χ1v) is 8.54. The summed E-state index contributed by atoms with van der Waals surface area (Å²) in [6.07, 6.45) is 6.74. The van der Waals surface area contributed by atoms with Crippen molar-refractivity contribution in [3.63, 3.8) is 0 Å². The first-order chi connectivity index (χ1) is 10.5. The van der Waals surface area contributed by atoms with Gasteiger partial charge >= 0.3 is 0 Å². The summed E-state index contributed by atoms with van der Waals surface area (Å²) in [5.41, 5.74) is 0.997. The first kappa shape index (κ1) is 14.2. The van der Waals surface area contributed by atoms with Crippen LogP contribution in [0.5, 0.6) is 0 Å². The third kappa shape index (κ3) is 2.56. The summed E-state index contributed by atoms with van der Waals surface area (Å²) >= 11 is 0. The van der Waals surface area contributed by atoms with E-state index in [2.05, 4.69) is 15.5 Å². The lowest BCUT2D eigenvalue weighted by atomic mass is 9.86. The van der Waals surface area contributed by atoms with Crippen molar-refractivity contribution >= 4 is 11.7 Å². The van der Waals surface area contributed by atoms with E-state index in [4.69, 9.17) is 4.74 Å². The van der Waals surface area contributed by atoms with Crippen molar-refractivity contribution in [2.45, 2.75) is 70.0 Å². The Morgan fingerprint density at radius 3 is 2.86 bits per heavy atom. The molecule has 22 heavy (non-hydrogen) atoms. The number of hydrogen-bond acceptors (Lipinski definition) is 3. The van der Waals surface area contributed by atoms with Crippen LogP contribution in [0.25, 0.3) is 0 Å². The van der Waals surface area contributed by atoms with Crippen molar-refractivity contribution < 1.29 is 9.53 Å². The van der Waals surface area contributed by atoms with Crippen LogP contribution < -0.4 is 5.32 Å². The van der Waals surface area contributed by atoms with Gasteiger partial charge in [0.15, 0.2) is 5.82 Å². The highest BCUT2D eigenvalue weighted by Gasteiger charge is 2.41. The van der Waals surface area contributed by atoms with Gasteiger partial charge in [0, 0.05) is 17.7 Å². The molecular formula is C17H25N3O2. The van der Waals surface area contributed by atoms with Crippen molar-refractivity contribution in [2.75, 3.05) is 5.32 Å². The van der Waals surface area contributed by atoms with Crippen molar-refractivity contribution in [3.8, 4) is 0 Å². The minimum atomic E-state index is -0.349. The Morgan fingerprint density at radius 2 is 2.23 bits per heavy atom. The Hall–Kier alpha value is -1.36. The van der Waals surface area contributed by atoms with Gasteiger partial charge < -0.3 is 10.1 Å². The molecule has 2 saturated carbocycles. The Kier molecular flexibility index (Phi) is 3.29. The zero-order valence-electron chi connectivity index (χ0n) is 13.4. The fourth-order valence-corrected chi connectivity index (χ4v) is 4.59. The normalized spacial score (nSPS) is 35.9. The first-order valence-electron chi connectivity index (χ1n) is 8.54. The zero-order chi connectivity index (χ0) is 15.3. The number of H-pyrrole nitrogens is 1. The minimum Gasteiger partial charge on any atom is -0.363 e. The SMILES string of the molecule is CC1(C)CCC(C(=O)Nc2cc(C3CC4CCC3C4)[nH]n2)O1. The molecule has 3 aliphatic rings. The van der Waals surface area contributed by atoms with Crippen LogP contribution in [0.3, 0.4) is 0 Å². The van der Waals surface area contributed by atoms with Crippen LogP contribution in [0.4, 0.5) is 5.82 Å². The van der Waals surface area contributed by atoms with Crippen molar-refractivity contribution in [1.29, 1.82) is 0 Å². The van der Waals surface area contributed by atoms with E-state index >= 15 is 0 Å². The number of carbonyl (C=O) groups is 1. The van der Waals surface area contributed by atoms with E-state index in [9.17, 15) is 4.79 Å². The molecule has 1 aromatic heterocycles. The molecule has 1 aromatic rings. The summed E-state index contributed by atoms with van der Waals surface area (Å²) in [4.78, 5) is 12.3. The topological polar surface area (TPSA) is 67.0 Å². The maximum atomic E-state index is 12.3. The van der Waals surface area contributed by atoms with Gasteiger partial charge in [0.05, 0.1) is 5.60 Å². The number of nitrogens with one attached hydrogen (secondary N) is 2. The third-order valence-corrected chi connectivity index (χ3v) is 5.75. The number of aromatic amines is 1. The van der Waals surface area contributed by atoms with Gasteiger partial charge in [0.25, 0.3) is 5.91 Å². The number of fused-ring (bicyclic) bond motifs is 2. The average molecular weight is 303 g/mol. The molecule has 0 spiro atoms. The van der Waals surface area contributed by atoms with E-state index in [1.807, 2.05) is 19.9 Å². The lowest BCUT2D eigenvalue weighted by Gasteiger charge is -2.19. The number of anilines is 1. The van der Waals surface area contributed by atoms with E-state index in [-0.39, 0.29) is 17.6 Å². The van der Waals surface area contributed by atoms with Crippen molar-refractivity contribution in [3.05, 3.63) is 11.8 Å². The fraction of sp³-hybridized carbons (Fsp3) is 0.765. The van der Waals surface area contributed by atoms with E-state index in [1.165, 1.54) is 31.4 Å². The highest BCUT2D eigenvalue weighted by atomic mass is 16.5. The van der Waals surface area contributed by atoms with Gasteiger partial charge in [-0.05, 0) is 57.8 Å². The van der Waals surface area contributed by atoms with Gasteiger partial charge in [-0.2, -0.15) is 5.10 Å². The Labute approximate surface area is 131 Å². The molecule has 2 aliphatic carbocycles. The van der Waals surface area contributed by atoms with Gasteiger partial charge in [-0.15, -0.1) is 0 Å². The molecule has 1 aliphatic heterocycles. The average Bonchev–Trinajstić information content (AvgIpc) is 3.20. The number of ether oxygens (including phenoxy) is 1. The van der Waals surface area contributed by atoms with Gasteiger partial charge in [0.2, 0.25) is 0 Å². The Balaban J connectivity index is 1.39. The second-order valence-electron chi connectivity index (χ2n) is 7.88. The lowest BCUT2D eigenvalue weighted by Crippen LogP contribution is -2.30. The molecule has 2 N–H and O–H groups in total. The van der Waals surface area contributed by atoms with Crippen LogP contribution in [0.2, 0.25) is 0 Å². The van der Waals surface area contributed by atoms with Crippen LogP contribution in [0.1, 0.15) is 64.0 Å². The Morgan fingerprint density at radius 1 is 1.36 bits per heavy atom. The number of carbonyl (C=O) groups excluding carboxylic acids is 1. The summed E-state index contributed by atoms with van der Waals surface area (Å²) in [6, 6.07) is 2.02. The molecule has 1 saturated heterocycles. The smallest absolute Gasteiger partial charge is 0.254 e. The van der Waals surface area contributed by atoms with Crippen LogP contribution in [-0.4, -0.2) is 27.8 Å². The predicted octanol–water partition coefficient (Wildman–Crippen LogP) is 3.21. The fourth-order valence-electron chi connectivity index (χ4n) is 4.59. The zero-order valence-corrected chi connectivity index (χ0v) is 13.4. The molecule has 0 aromatic carbocycles. The minimum absolute atomic E-state index is 0.0726. The molecule has 5 nitrogen and oxygen atoms in total. The maximum absolute atomic E-state index is 12.3. The van der Waals surface area contributed by atoms with Crippen LogP contribution in [0.15, 0.2) is 6.07 Å². The number of hydrogen-bond donors (Lipinski definition) is 2. The molecular weight excluding hydrogens is 278 g/mol. The Bertz CT molecular complexity index is 580. The molecule has 2 bridgehead atoms. The molecule has 4 rings (SSSR count). The molecule has 4 atom stereocenters. The monoisotopic (exact) mass is 303 g/mol. The summed E-state index contributed by atoms with van der Waals surface area (Å²) in [6.45, 7) is 4.06. The van der Waals surface area contributed by atoms with Gasteiger partial charge in [0.1, 0.15) is 6.10 Å². The predicted molar refractivity (Wildman–Crippen MR) is 83.6 cm³/mol. The van der Waals surface area contributed by atoms with Crippen LogP contribution in [-0.2, 0) is 9.53 Å². The second-order valence-corrected chi connectivity index (χ2v) is 7.88. The maximum Gasteiger partial charge on any atom is 0.254 e. The molecule has 4 unspecified atom stereocenters. The standard InChI is InChI=1S/C17H25N3O2/c1-17(2)6-5-14(22-17)16(21)18-15-9-13(19-20-15)12-8-10-3-4-11(12)7-10/h9-12,14H,3-8H2,1-2H3,(H2,18,19,20,21). The van der Waals surface area contributed by atoms with E-state index in [0.29, 0.717) is 11.7 Å². The second kappa shape index (κ2) is 5.08. The summed E-state index contributed by atoms with van der Waals surface area (Å²) in [7, 11) is 0.